The number of aromatic hydroxyl groups is 1. The highest BCUT2D eigenvalue weighted by molar-refractivity contribution is 5.73. The van der Waals surface area contributed by atoms with Crippen LogP contribution < -0.4 is 10.3 Å². The number of anilines is 1. The van der Waals surface area contributed by atoms with Crippen molar-refractivity contribution in [2.45, 2.75) is 24.9 Å². The molecule has 2 fully saturated rings. The summed E-state index contributed by atoms with van der Waals surface area (Å²) in [7, 11) is 0. The van der Waals surface area contributed by atoms with E-state index < -0.39 is 6.67 Å². The molecule has 0 spiro atoms. The van der Waals surface area contributed by atoms with Crippen molar-refractivity contribution in [2.24, 2.45) is 0 Å². The number of piperazine rings is 1. The maximum atomic E-state index is 13.3. The molecule has 0 amide bonds. The van der Waals surface area contributed by atoms with Gasteiger partial charge >= 0.3 is 0 Å². The van der Waals surface area contributed by atoms with Gasteiger partial charge in [-0.05, 0) is 42.7 Å². The Morgan fingerprint density at radius 1 is 1.10 bits per heavy atom. The molecule has 0 radical (unpaired) electrons. The van der Waals surface area contributed by atoms with E-state index in [0.29, 0.717) is 29.2 Å². The van der Waals surface area contributed by atoms with Crippen LogP contribution in [-0.2, 0) is 0 Å². The minimum atomic E-state index is -0.459. The average Bonchev–Trinajstić information content (AvgIpc) is 3.42. The van der Waals surface area contributed by atoms with Crippen molar-refractivity contribution in [2.75, 3.05) is 31.3 Å². The molecule has 1 aromatic carbocycles. The Kier molecular flexibility index (Phi) is 5.06. The van der Waals surface area contributed by atoms with Crippen molar-refractivity contribution in [3.05, 3.63) is 42.7 Å². The van der Waals surface area contributed by atoms with Crippen LogP contribution in [0.1, 0.15) is 12.8 Å². The van der Waals surface area contributed by atoms with Crippen LogP contribution in [0.15, 0.2) is 42.7 Å². The van der Waals surface area contributed by atoms with Gasteiger partial charge in [0.2, 0.25) is 0 Å². The molecule has 2 saturated heterocycles. The molecule has 9 heteroatoms. The topological polar surface area (TPSA) is 93.2 Å². The monoisotopic (exact) mass is 409 g/mol. The molecule has 8 nitrogen and oxygen atoms in total. The van der Waals surface area contributed by atoms with Crippen LogP contribution in [-0.4, -0.2) is 68.9 Å². The van der Waals surface area contributed by atoms with Crippen LogP contribution in [0.5, 0.6) is 5.75 Å². The lowest BCUT2D eigenvalue weighted by molar-refractivity contribution is 0.173. The molecule has 2 bridgehead atoms. The van der Waals surface area contributed by atoms with E-state index in [1.54, 1.807) is 18.5 Å². The van der Waals surface area contributed by atoms with Crippen molar-refractivity contribution in [1.29, 1.82) is 0 Å². The first-order chi connectivity index (χ1) is 14.7. The number of alkyl halides is 1. The van der Waals surface area contributed by atoms with Gasteiger partial charge in [0.25, 0.3) is 0 Å². The molecule has 4 heterocycles. The molecule has 2 aromatic heterocycles. The molecule has 30 heavy (non-hydrogen) atoms. The fraction of sp³-hybridized carbons (Fsp3) is 0.381. The molecule has 3 N–H and O–H groups in total. The summed E-state index contributed by atoms with van der Waals surface area (Å²) in [5, 5.41) is 33.5. The van der Waals surface area contributed by atoms with Gasteiger partial charge < -0.3 is 10.4 Å². The summed E-state index contributed by atoms with van der Waals surface area (Å²) in [5.41, 5.74) is 2.91. The molecular weight excluding hydrogens is 385 g/mol. The van der Waals surface area contributed by atoms with E-state index in [2.05, 4.69) is 30.7 Å². The molecule has 2 unspecified atom stereocenters. The van der Waals surface area contributed by atoms with Gasteiger partial charge in [0.05, 0.1) is 18.4 Å². The lowest BCUT2D eigenvalue weighted by Gasteiger charge is -2.40. The number of halogens is 1. The van der Waals surface area contributed by atoms with E-state index in [-0.39, 0.29) is 12.3 Å². The predicted molar refractivity (Wildman–Crippen MR) is 112 cm³/mol. The summed E-state index contributed by atoms with van der Waals surface area (Å²) in [4.78, 5) is 0. The average molecular weight is 409 g/mol. The Labute approximate surface area is 173 Å². The van der Waals surface area contributed by atoms with E-state index in [1.165, 1.54) is 0 Å². The van der Waals surface area contributed by atoms with Crippen molar-refractivity contribution in [3.8, 4) is 28.1 Å². The first-order valence-electron chi connectivity index (χ1n) is 10.2. The second-order valence-electron chi connectivity index (χ2n) is 7.82. The van der Waals surface area contributed by atoms with E-state index in [1.807, 2.05) is 29.3 Å². The lowest BCUT2D eigenvalue weighted by atomic mass is 10.0. The van der Waals surface area contributed by atoms with Gasteiger partial charge in [-0.25, -0.2) is 9.40 Å². The second kappa shape index (κ2) is 8.00. The van der Waals surface area contributed by atoms with Crippen molar-refractivity contribution < 1.29 is 9.50 Å². The SMILES string of the molecule is Oc1cc(-c2cn[nH]c2)ccc1-c1ccc(N(CCF)N2CC3CCC(C2)N3)nn1. The standard InChI is InChI=1S/C21H24FN7O/c22-7-8-29(28-12-16-2-3-17(13-28)25-16)21-6-5-19(26-27-21)18-4-1-14(9-20(18)30)15-10-23-24-11-15/h1,4-6,9-11,16-17,25,30H,2-3,7-8,12-13H2,(H,23,24). The number of fused-ring (bicyclic) bond motifs is 2. The number of nitrogens with one attached hydrogen (secondary N) is 2. The summed E-state index contributed by atoms with van der Waals surface area (Å²) in [6.07, 6.45) is 5.78. The number of nitrogens with zero attached hydrogens (tertiary/aromatic N) is 5. The predicted octanol–water partition coefficient (Wildman–Crippen LogP) is 2.37. The Bertz CT molecular complexity index is 983. The Morgan fingerprint density at radius 2 is 1.93 bits per heavy atom. The maximum Gasteiger partial charge on any atom is 0.165 e. The van der Waals surface area contributed by atoms with Crippen molar-refractivity contribution in [3.63, 3.8) is 0 Å². The molecule has 2 aliphatic rings. The summed E-state index contributed by atoms with van der Waals surface area (Å²) in [6.45, 7) is 1.48. The molecule has 2 aliphatic heterocycles. The lowest BCUT2D eigenvalue weighted by Crippen LogP contribution is -2.58. The minimum Gasteiger partial charge on any atom is -0.507 e. The quantitative estimate of drug-likeness (QED) is 0.576. The van der Waals surface area contributed by atoms with E-state index >= 15 is 0 Å². The third-order valence-electron chi connectivity index (χ3n) is 5.86. The second-order valence-corrected chi connectivity index (χ2v) is 7.82. The van der Waals surface area contributed by atoms with Gasteiger partial charge in [0.15, 0.2) is 5.82 Å². The first kappa shape index (κ1) is 19.0. The van der Waals surface area contributed by atoms with E-state index in [0.717, 1.165) is 37.1 Å². The number of phenols is 1. The van der Waals surface area contributed by atoms with Crippen molar-refractivity contribution >= 4 is 5.82 Å². The number of rotatable bonds is 6. The number of aromatic nitrogens is 4. The van der Waals surface area contributed by atoms with Crippen LogP contribution in [0.25, 0.3) is 22.4 Å². The zero-order valence-corrected chi connectivity index (χ0v) is 16.5. The normalized spacial score (nSPS) is 21.1. The largest absolute Gasteiger partial charge is 0.507 e. The fourth-order valence-corrected chi connectivity index (χ4v) is 4.39. The molecule has 2 atom stereocenters. The Hall–Kier alpha value is -3.04. The van der Waals surface area contributed by atoms with Crippen LogP contribution in [0.3, 0.4) is 0 Å². The minimum absolute atomic E-state index is 0.120. The van der Waals surface area contributed by atoms with E-state index in [9.17, 15) is 9.50 Å². The number of H-pyrrole nitrogens is 1. The van der Waals surface area contributed by atoms with Gasteiger partial charge in [-0.2, -0.15) is 5.10 Å². The van der Waals surface area contributed by atoms with Gasteiger partial charge in [0.1, 0.15) is 12.4 Å². The molecule has 156 valence electrons. The highest BCUT2D eigenvalue weighted by Gasteiger charge is 2.35. The zero-order chi connectivity index (χ0) is 20.5. The summed E-state index contributed by atoms with van der Waals surface area (Å²) in [6, 6.07) is 9.95. The van der Waals surface area contributed by atoms with Crippen LogP contribution in [0.4, 0.5) is 10.2 Å². The molecular formula is C21H24FN7O. The number of hydrogen-bond acceptors (Lipinski definition) is 7. The highest BCUT2D eigenvalue weighted by Crippen LogP contribution is 2.32. The molecule has 3 aromatic rings. The van der Waals surface area contributed by atoms with Gasteiger partial charge in [-0.15, -0.1) is 10.2 Å². The number of phenolic OH excluding ortho intramolecular Hbond substituents is 1. The number of hydrazine groups is 1. The Morgan fingerprint density at radius 3 is 2.57 bits per heavy atom. The fourth-order valence-electron chi connectivity index (χ4n) is 4.39. The highest BCUT2D eigenvalue weighted by atomic mass is 19.1. The van der Waals surface area contributed by atoms with Crippen LogP contribution in [0, 0.1) is 0 Å². The Balaban J connectivity index is 1.38. The number of hydrogen-bond donors (Lipinski definition) is 3. The molecule has 0 aliphatic carbocycles. The molecule has 5 rings (SSSR count). The van der Waals surface area contributed by atoms with Crippen LogP contribution >= 0.6 is 0 Å². The summed E-state index contributed by atoms with van der Waals surface area (Å²) in [5.74, 6) is 0.738. The summed E-state index contributed by atoms with van der Waals surface area (Å²) < 4.78 is 13.3. The molecule has 0 saturated carbocycles. The third kappa shape index (κ3) is 3.61. The van der Waals surface area contributed by atoms with Gasteiger partial charge in [0, 0.05) is 42.5 Å². The van der Waals surface area contributed by atoms with Crippen LogP contribution in [0.2, 0.25) is 0 Å². The van der Waals surface area contributed by atoms with Crippen molar-refractivity contribution in [1.82, 2.24) is 30.7 Å². The summed E-state index contributed by atoms with van der Waals surface area (Å²) >= 11 is 0. The van der Waals surface area contributed by atoms with Gasteiger partial charge in [-0.3, -0.25) is 10.1 Å². The number of aromatic amines is 1. The zero-order valence-electron chi connectivity index (χ0n) is 16.5. The van der Waals surface area contributed by atoms with Gasteiger partial charge in [-0.1, -0.05) is 6.07 Å². The smallest absolute Gasteiger partial charge is 0.165 e. The maximum absolute atomic E-state index is 13.3. The van der Waals surface area contributed by atoms with E-state index in [4.69, 9.17) is 0 Å². The first-order valence-corrected chi connectivity index (χ1v) is 10.2. The number of benzene rings is 1. The third-order valence-corrected chi connectivity index (χ3v) is 5.86.